The molecule has 1 aliphatic rings. The Kier molecular flexibility index (Phi) is 7.04. The van der Waals surface area contributed by atoms with Crippen molar-refractivity contribution < 1.29 is 17.9 Å². The summed E-state index contributed by atoms with van der Waals surface area (Å²) in [6.45, 7) is 10.1. The zero-order valence-corrected chi connectivity index (χ0v) is 19.8. The van der Waals surface area contributed by atoms with Crippen molar-refractivity contribution in [1.82, 2.24) is 14.7 Å². The van der Waals surface area contributed by atoms with E-state index in [1.54, 1.807) is 12.1 Å². The van der Waals surface area contributed by atoms with Crippen molar-refractivity contribution in [2.45, 2.75) is 57.1 Å². The SMILES string of the molecule is CCOC1CCN(c2nc(C(C)(C)C)ccc2C(=O)NS(=O)(=O)c2cccc(N)n2)CC1. The number of aromatic nitrogens is 2. The van der Waals surface area contributed by atoms with Gasteiger partial charge in [-0.25, -0.2) is 14.7 Å². The minimum atomic E-state index is -4.19. The number of piperidine rings is 1. The van der Waals surface area contributed by atoms with Crippen molar-refractivity contribution >= 4 is 27.6 Å². The molecular weight excluding hydrogens is 430 g/mol. The second-order valence-electron chi connectivity index (χ2n) is 8.79. The molecule has 1 saturated heterocycles. The van der Waals surface area contributed by atoms with Gasteiger partial charge in [-0.05, 0) is 44.0 Å². The third-order valence-corrected chi connectivity index (χ3v) is 6.51. The number of hydrogen-bond acceptors (Lipinski definition) is 8. The summed E-state index contributed by atoms with van der Waals surface area (Å²) in [4.78, 5) is 23.7. The maximum atomic E-state index is 13.1. The van der Waals surface area contributed by atoms with E-state index in [4.69, 9.17) is 15.5 Å². The van der Waals surface area contributed by atoms with Crippen LogP contribution in [0.1, 0.15) is 56.6 Å². The van der Waals surface area contributed by atoms with E-state index in [0.29, 0.717) is 25.5 Å². The number of nitrogens with one attached hydrogen (secondary N) is 1. The first-order valence-electron chi connectivity index (χ1n) is 10.7. The molecule has 10 heteroatoms. The number of ether oxygens (including phenoxy) is 1. The molecule has 2 aromatic rings. The van der Waals surface area contributed by atoms with Gasteiger partial charge in [-0.3, -0.25) is 4.79 Å². The van der Waals surface area contributed by atoms with Crippen LogP contribution in [-0.2, 0) is 20.2 Å². The van der Waals surface area contributed by atoms with Crippen molar-refractivity contribution in [3.8, 4) is 0 Å². The molecule has 1 aliphatic heterocycles. The second kappa shape index (κ2) is 9.41. The first-order valence-corrected chi connectivity index (χ1v) is 12.2. The molecule has 0 radical (unpaired) electrons. The van der Waals surface area contributed by atoms with Crippen LogP contribution in [0, 0.1) is 0 Å². The number of carbonyl (C=O) groups excluding carboxylic acids is 1. The van der Waals surface area contributed by atoms with E-state index >= 15 is 0 Å². The topological polar surface area (TPSA) is 128 Å². The molecule has 0 spiro atoms. The minimum absolute atomic E-state index is 0.0504. The van der Waals surface area contributed by atoms with Crippen molar-refractivity contribution in [1.29, 1.82) is 0 Å². The van der Waals surface area contributed by atoms with Gasteiger partial charge >= 0.3 is 0 Å². The maximum absolute atomic E-state index is 13.1. The third kappa shape index (κ3) is 5.55. The van der Waals surface area contributed by atoms with Crippen LogP contribution >= 0.6 is 0 Å². The molecule has 3 N–H and O–H groups in total. The van der Waals surface area contributed by atoms with Crippen molar-refractivity contribution in [2.75, 3.05) is 30.3 Å². The van der Waals surface area contributed by atoms with Crippen LogP contribution in [-0.4, -0.2) is 50.1 Å². The fraction of sp³-hybridized carbons (Fsp3) is 0.500. The Morgan fingerprint density at radius 1 is 1.19 bits per heavy atom. The second-order valence-corrected chi connectivity index (χ2v) is 10.4. The summed E-state index contributed by atoms with van der Waals surface area (Å²) in [5.74, 6) is -0.237. The number of carbonyl (C=O) groups is 1. The third-order valence-electron chi connectivity index (χ3n) is 5.28. The number of anilines is 2. The zero-order chi connectivity index (χ0) is 23.5. The lowest BCUT2D eigenvalue weighted by Crippen LogP contribution is -2.40. The lowest BCUT2D eigenvalue weighted by Gasteiger charge is -2.34. The summed E-state index contributed by atoms with van der Waals surface area (Å²) in [6, 6.07) is 7.62. The summed E-state index contributed by atoms with van der Waals surface area (Å²) in [6.07, 6.45) is 1.79. The number of pyridine rings is 2. The van der Waals surface area contributed by atoms with Gasteiger partial charge in [0.1, 0.15) is 11.6 Å². The van der Waals surface area contributed by atoms with Gasteiger partial charge in [-0.1, -0.05) is 26.8 Å². The summed E-state index contributed by atoms with van der Waals surface area (Å²) in [7, 11) is -4.19. The van der Waals surface area contributed by atoms with E-state index in [1.165, 1.54) is 18.2 Å². The normalized spacial score (nSPS) is 15.6. The molecule has 0 saturated carbocycles. The Labute approximate surface area is 189 Å². The molecule has 1 fully saturated rings. The molecule has 0 bridgehead atoms. The van der Waals surface area contributed by atoms with Crippen molar-refractivity contribution in [3.63, 3.8) is 0 Å². The molecule has 2 aromatic heterocycles. The summed E-state index contributed by atoms with van der Waals surface area (Å²) in [5.41, 5.74) is 6.37. The van der Waals surface area contributed by atoms with Crippen LogP contribution in [0.3, 0.4) is 0 Å². The first-order chi connectivity index (χ1) is 15.0. The van der Waals surface area contributed by atoms with Gasteiger partial charge in [-0.2, -0.15) is 8.42 Å². The highest BCUT2D eigenvalue weighted by molar-refractivity contribution is 7.90. The van der Waals surface area contributed by atoms with Gasteiger partial charge in [0.2, 0.25) is 0 Å². The number of nitrogens with zero attached hydrogens (tertiary/aromatic N) is 3. The Bertz CT molecular complexity index is 1070. The fourth-order valence-corrected chi connectivity index (χ4v) is 4.51. The van der Waals surface area contributed by atoms with Crippen molar-refractivity contribution in [3.05, 3.63) is 41.6 Å². The average Bonchev–Trinajstić information content (AvgIpc) is 2.73. The summed E-state index contributed by atoms with van der Waals surface area (Å²) in [5, 5.41) is -0.316. The Morgan fingerprint density at radius 2 is 1.88 bits per heavy atom. The molecule has 9 nitrogen and oxygen atoms in total. The molecule has 3 rings (SSSR count). The number of sulfonamides is 1. The number of hydrogen-bond donors (Lipinski definition) is 2. The fourth-order valence-electron chi connectivity index (χ4n) is 3.56. The maximum Gasteiger partial charge on any atom is 0.281 e. The Hall–Kier alpha value is -2.72. The van der Waals surface area contributed by atoms with Gasteiger partial charge in [0, 0.05) is 30.8 Å². The monoisotopic (exact) mass is 461 g/mol. The lowest BCUT2D eigenvalue weighted by molar-refractivity contribution is 0.0458. The van der Waals surface area contributed by atoms with E-state index in [0.717, 1.165) is 18.5 Å². The van der Waals surface area contributed by atoms with E-state index < -0.39 is 15.9 Å². The van der Waals surface area contributed by atoms with Crippen LogP contribution in [0.4, 0.5) is 11.6 Å². The first kappa shape index (κ1) is 23.9. The molecule has 3 heterocycles. The van der Waals surface area contributed by atoms with E-state index in [1.807, 2.05) is 32.6 Å². The highest BCUT2D eigenvalue weighted by Gasteiger charge is 2.29. The largest absolute Gasteiger partial charge is 0.384 e. The van der Waals surface area contributed by atoms with Gasteiger partial charge in [0.15, 0.2) is 5.03 Å². The molecule has 0 unspecified atom stereocenters. The molecule has 32 heavy (non-hydrogen) atoms. The zero-order valence-electron chi connectivity index (χ0n) is 19.0. The molecular formula is C22H31N5O4S. The molecule has 174 valence electrons. The summed E-state index contributed by atoms with van der Waals surface area (Å²) >= 11 is 0. The van der Waals surface area contributed by atoms with E-state index in [9.17, 15) is 13.2 Å². The number of nitrogens with two attached hydrogens (primary N) is 1. The van der Waals surface area contributed by atoms with Crippen LogP contribution in [0.2, 0.25) is 0 Å². The van der Waals surface area contributed by atoms with Gasteiger partial charge in [0.05, 0.1) is 11.7 Å². The van der Waals surface area contributed by atoms with Gasteiger partial charge in [-0.15, -0.1) is 0 Å². The van der Waals surface area contributed by atoms with Crippen LogP contribution in [0.5, 0.6) is 0 Å². The lowest BCUT2D eigenvalue weighted by atomic mass is 9.91. The average molecular weight is 462 g/mol. The van der Waals surface area contributed by atoms with Crippen LogP contribution in [0.25, 0.3) is 0 Å². The molecule has 0 aliphatic carbocycles. The van der Waals surface area contributed by atoms with Crippen LogP contribution < -0.4 is 15.4 Å². The van der Waals surface area contributed by atoms with E-state index in [-0.39, 0.29) is 27.9 Å². The standard InChI is InChI=1S/C22H31N5O4S/c1-5-31-15-11-13-27(14-12-15)20-16(9-10-17(24-20)22(2,3)4)21(28)26-32(29,30)19-8-6-7-18(23)25-19/h6-10,15H,5,11-14H2,1-4H3,(H2,23,25)(H,26,28). The predicted octanol–water partition coefficient (Wildman–Crippen LogP) is 2.48. The van der Waals surface area contributed by atoms with E-state index in [2.05, 4.69) is 9.71 Å². The minimum Gasteiger partial charge on any atom is -0.384 e. The quantitative estimate of drug-likeness (QED) is 0.672. The Balaban J connectivity index is 1.92. The highest BCUT2D eigenvalue weighted by atomic mass is 32.2. The predicted molar refractivity (Wildman–Crippen MR) is 123 cm³/mol. The Morgan fingerprint density at radius 3 is 2.47 bits per heavy atom. The van der Waals surface area contributed by atoms with Gasteiger partial charge < -0.3 is 15.4 Å². The molecule has 1 amide bonds. The smallest absolute Gasteiger partial charge is 0.281 e. The number of rotatable bonds is 6. The highest BCUT2D eigenvalue weighted by Crippen LogP contribution is 2.28. The van der Waals surface area contributed by atoms with Crippen LogP contribution in [0.15, 0.2) is 35.4 Å². The number of nitrogen functional groups attached to an aromatic ring is 1. The number of amides is 1. The molecule has 0 atom stereocenters. The van der Waals surface area contributed by atoms with Gasteiger partial charge in [0.25, 0.3) is 15.9 Å². The molecule has 0 aromatic carbocycles. The van der Waals surface area contributed by atoms with Crippen molar-refractivity contribution in [2.24, 2.45) is 0 Å². The summed E-state index contributed by atoms with van der Waals surface area (Å²) < 4.78 is 33.2.